The largest absolute Gasteiger partial charge is 0.480 e. The van der Waals surface area contributed by atoms with Gasteiger partial charge in [-0.15, -0.1) is 0 Å². The third kappa shape index (κ3) is 3.79. The monoisotopic (exact) mass is 333 g/mol. The highest BCUT2D eigenvalue weighted by atomic mass is 19.1. The number of aliphatic carboxylic acids is 1. The van der Waals surface area contributed by atoms with Gasteiger partial charge in [0.25, 0.3) is 5.91 Å². The van der Waals surface area contributed by atoms with Crippen LogP contribution in [-0.4, -0.2) is 32.8 Å². The minimum absolute atomic E-state index is 0.147. The molecule has 0 fully saturated rings. The molecule has 0 aliphatic carbocycles. The first kappa shape index (κ1) is 17.7. The number of nitrogens with zero attached hydrogens (tertiary/aromatic N) is 2. The molecule has 0 spiro atoms. The van der Waals surface area contributed by atoms with E-state index in [2.05, 4.69) is 10.4 Å². The fourth-order valence-corrected chi connectivity index (χ4v) is 2.30. The maximum atomic E-state index is 13.0. The number of aryl methyl sites for hydroxylation is 1. The van der Waals surface area contributed by atoms with Gasteiger partial charge in [0.2, 0.25) is 0 Å². The molecule has 0 aliphatic rings. The number of halogens is 1. The zero-order valence-electron chi connectivity index (χ0n) is 13.8. The second kappa shape index (κ2) is 7.25. The summed E-state index contributed by atoms with van der Waals surface area (Å²) in [7, 11) is 0. The smallest absolute Gasteiger partial charge is 0.326 e. The summed E-state index contributed by atoms with van der Waals surface area (Å²) in [5.74, 6) is -2.18. The predicted octanol–water partition coefficient (Wildman–Crippen LogP) is 2.55. The second-order valence-corrected chi connectivity index (χ2v) is 5.76. The van der Waals surface area contributed by atoms with Crippen LogP contribution >= 0.6 is 0 Å². The van der Waals surface area contributed by atoms with E-state index in [0.29, 0.717) is 17.7 Å². The van der Waals surface area contributed by atoms with Gasteiger partial charge in [0, 0.05) is 11.8 Å². The molecule has 0 saturated heterocycles. The van der Waals surface area contributed by atoms with Gasteiger partial charge in [0.05, 0.1) is 5.69 Å². The Morgan fingerprint density at radius 3 is 2.50 bits per heavy atom. The lowest BCUT2D eigenvalue weighted by Crippen LogP contribution is -2.45. The molecule has 6 nitrogen and oxygen atoms in total. The van der Waals surface area contributed by atoms with Gasteiger partial charge < -0.3 is 10.4 Å². The predicted molar refractivity (Wildman–Crippen MR) is 86.6 cm³/mol. The number of carbonyl (C=O) groups is 2. The molecule has 1 amide bonds. The number of amides is 1. The summed E-state index contributed by atoms with van der Waals surface area (Å²) in [6, 6.07) is 4.72. The summed E-state index contributed by atoms with van der Waals surface area (Å²) >= 11 is 0. The summed E-state index contributed by atoms with van der Waals surface area (Å²) in [5.41, 5.74) is 1.36. The lowest BCUT2D eigenvalue weighted by atomic mass is 9.99. The van der Waals surface area contributed by atoms with Crippen molar-refractivity contribution >= 4 is 11.9 Å². The topological polar surface area (TPSA) is 84.2 Å². The number of carbonyl (C=O) groups excluding carboxylic acids is 1. The van der Waals surface area contributed by atoms with Crippen LogP contribution in [0, 0.1) is 18.7 Å². The number of nitrogens with one attached hydrogen (secondary N) is 1. The molecule has 1 aromatic carbocycles. The Balaban J connectivity index is 2.24. The number of aromatic nitrogens is 2. The van der Waals surface area contributed by atoms with Crippen molar-refractivity contribution in [3.8, 4) is 5.69 Å². The van der Waals surface area contributed by atoms with Crippen LogP contribution in [0.5, 0.6) is 0 Å². The maximum Gasteiger partial charge on any atom is 0.326 e. The van der Waals surface area contributed by atoms with Crippen molar-refractivity contribution in [3.63, 3.8) is 0 Å². The average Bonchev–Trinajstić information content (AvgIpc) is 2.94. The fourth-order valence-electron chi connectivity index (χ4n) is 2.30. The summed E-state index contributed by atoms with van der Waals surface area (Å²) in [6.07, 6.45) is 2.27. The first-order valence-corrected chi connectivity index (χ1v) is 7.69. The van der Waals surface area contributed by atoms with Crippen LogP contribution in [-0.2, 0) is 4.79 Å². The molecule has 1 heterocycles. The van der Waals surface area contributed by atoms with Crippen molar-refractivity contribution in [2.45, 2.75) is 33.2 Å². The number of rotatable bonds is 6. The number of carboxylic acid groups (broad SMARTS) is 1. The van der Waals surface area contributed by atoms with E-state index in [-0.39, 0.29) is 17.4 Å². The van der Waals surface area contributed by atoms with Crippen LogP contribution in [0.1, 0.15) is 36.3 Å². The first-order chi connectivity index (χ1) is 11.3. The van der Waals surface area contributed by atoms with Crippen molar-refractivity contribution in [1.29, 1.82) is 0 Å². The molecule has 2 aromatic rings. The SMILES string of the molecule is CCC(C)C(NC(=O)c1nn(-c2ccc(F)cc2)cc1C)C(=O)O. The van der Waals surface area contributed by atoms with Gasteiger partial charge in [0.1, 0.15) is 11.9 Å². The molecule has 0 saturated carbocycles. The Morgan fingerprint density at radius 1 is 1.33 bits per heavy atom. The number of benzene rings is 1. The van der Waals surface area contributed by atoms with Gasteiger partial charge in [-0.2, -0.15) is 5.10 Å². The standard InChI is InChI=1S/C17H20FN3O3/c1-4-10(2)15(17(23)24)19-16(22)14-11(3)9-21(20-14)13-7-5-12(18)6-8-13/h5-10,15H,4H2,1-3H3,(H,19,22)(H,23,24). The van der Waals surface area contributed by atoms with Crippen molar-refractivity contribution in [1.82, 2.24) is 15.1 Å². The zero-order chi connectivity index (χ0) is 17.9. The third-order valence-corrected chi connectivity index (χ3v) is 3.97. The Hall–Kier alpha value is -2.70. The van der Waals surface area contributed by atoms with E-state index in [4.69, 9.17) is 0 Å². The van der Waals surface area contributed by atoms with E-state index in [1.54, 1.807) is 32.2 Å². The lowest BCUT2D eigenvalue weighted by molar-refractivity contribution is -0.140. The molecule has 2 unspecified atom stereocenters. The van der Waals surface area contributed by atoms with Crippen LogP contribution in [0.4, 0.5) is 4.39 Å². The van der Waals surface area contributed by atoms with Gasteiger partial charge in [-0.3, -0.25) is 4.79 Å². The van der Waals surface area contributed by atoms with E-state index >= 15 is 0 Å². The Bertz CT molecular complexity index is 740. The summed E-state index contributed by atoms with van der Waals surface area (Å²) in [4.78, 5) is 23.7. The molecule has 0 bridgehead atoms. The van der Waals surface area contributed by atoms with E-state index in [1.807, 2.05) is 6.92 Å². The number of carboxylic acids is 1. The highest BCUT2D eigenvalue weighted by Gasteiger charge is 2.27. The van der Waals surface area contributed by atoms with Crippen LogP contribution in [0.25, 0.3) is 5.69 Å². The van der Waals surface area contributed by atoms with Gasteiger partial charge in [-0.25, -0.2) is 13.9 Å². The van der Waals surface area contributed by atoms with Gasteiger partial charge in [0.15, 0.2) is 5.69 Å². The molecule has 2 atom stereocenters. The Labute approximate surface area is 139 Å². The molecule has 1 aromatic heterocycles. The maximum absolute atomic E-state index is 13.0. The molecule has 0 aliphatic heterocycles. The first-order valence-electron chi connectivity index (χ1n) is 7.69. The normalized spacial score (nSPS) is 13.3. The lowest BCUT2D eigenvalue weighted by Gasteiger charge is -2.19. The summed E-state index contributed by atoms with van der Waals surface area (Å²) < 4.78 is 14.5. The minimum Gasteiger partial charge on any atom is -0.480 e. The van der Waals surface area contributed by atoms with Crippen molar-refractivity contribution in [2.75, 3.05) is 0 Å². The van der Waals surface area contributed by atoms with Gasteiger partial charge in [-0.05, 0) is 37.1 Å². The second-order valence-electron chi connectivity index (χ2n) is 5.76. The molecule has 2 N–H and O–H groups in total. The molecular formula is C17H20FN3O3. The molecule has 0 radical (unpaired) electrons. The minimum atomic E-state index is -1.08. The summed E-state index contributed by atoms with van der Waals surface area (Å²) in [5, 5.41) is 16.0. The van der Waals surface area contributed by atoms with Gasteiger partial charge >= 0.3 is 5.97 Å². The molecule has 24 heavy (non-hydrogen) atoms. The van der Waals surface area contributed by atoms with E-state index < -0.39 is 17.9 Å². The molecular weight excluding hydrogens is 313 g/mol. The van der Waals surface area contributed by atoms with Crippen LogP contribution < -0.4 is 5.32 Å². The van der Waals surface area contributed by atoms with Crippen molar-refractivity contribution in [2.24, 2.45) is 5.92 Å². The number of hydrogen-bond acceptors (Lipinski definition) is 3. The van der Waals surface area contributed by atoms with E-state index in [9.17, 15) is 19.1 Å². The highest BCUT2D eigenvalue weighted by molar-refractivity contribution is 5.96. The fraction of sp³-hybridized carbons (Fsp3) is 0.353. The highest BCUT2D eigenvalue weighted by Crippen LogP contribution is 2.14. The number of hydrogen-bond donors (Lipinski definition) is 2. The Morgan fingerprint density at radius 2 is 1.96 bits per heavy atom. The molecule has 128 valence electrons. The van der Waals surface area contributed by atoms with Crippen LogP contribution in [0.2, 0.25) is 0 Å². The summed E-state index contributed by atoms with van der Waals surface area (Å²) in [6.45, 7) is 5.34. The Kier molecular flexibility index (Phi) is 5.33. The van der Waals surface area contributed by atoms with Crippen LogP contribution in [0.15, 0.2) is 30.5 Å². The van der Waals surface area contributed by atoms with Crippen molar-refractivity contribution in [3.05, 3.63) is 47.5 Å². The molecule has 7 heteroatoms. The van der Waals surface area contributed by atoms with Gasteiger partial charge in [-0.1, -0.05) is 20.3 Å². The van der Waals surface area contributed by atoms with Crippen molar-refractivity contribution < 1.29 is 19.1 Å². The van der Waals surface area contributed by atoms with E-state index in [1.165, 1.54) is 16.8 Å². The average molecular weight is 333 g/mol. The quantitative estimate of drug-likeness (QED) is 0.851. The zero-order valence-corrected chi connectivity index (χ0v) is 13.8. The third-order valence-electron chi connectivity index (χ3n) is 3.97. The van der Waals surface area contributed by atoms with Crippen LogP contribution in [0.3, 0.4) is 0 Å². The van der Waals surface area contributed by atoms with E-state index in [0.717, 1.165) is 0 Å². The molecule has 2 rings (SSSR count).